The Balaban J connectivity index is 0.000001000. The van der Waals surface area contributed by atoms with E-state index in [2.05, 4.69) is 91.9 Å². The van der Waals surface area contributed by atoms with E-state index in [1.54, 1.807) is 5.57 Å². The van der Waals surface area contributed by atoms with Crippen molar-refractivity contribution in [3.63, 3.8) is 0 Å². The zero-order valence-corrected chi connectivity index (χ0v) is 20.2. The van der Waals surface area contributed by atoms with Crippen molar-refractivity contribution < 1.29 is 51.0 Å². The fourth-order valence-corrected chi connectivity index (χ4v) is 4.26. The predicted octanol–water partition coefficient (Wildman–Crippen LogP) is 1.06. The Morgan fingerprint density at radius 2 is 1.48 bits per heavy atom. The minimum atomic E-state index is 0. The van der Waals surface area contributed by atoms with Crippen LogP contribution in [-0.4, -0.2) is 0 Å². The van der Waals surface area contributed by atoms with Gasteiger partial charge in [0.1, 0.15) is 0 Å². The molecule has 4 aromatic carbocycles. The normalized spacial score (nSPS) is 12.9. The van der Waals surface area contributed by atoms with E-state index < -0.39 is 0 Å². The Hall–Kier alpha value is -1.53. The van der Waals surface area contributed by atoms with E-state index in [-0.39, 0.29) is 51.0 Å². The molecule has 0 heterocycles. The van der Waals surface area contributed by atoms with Crippen LogP contribution in [0.5, 0.6) is 0 Å². The summed E-state index contributed by atoms with van der Waals surface area (Å²) >= 11 is 0. The van der Waals surface area contributed by atoms with Crippen molar-refractivity contribution in [3.05, 3.63) is 107 Å². The number of benzene rings is 3. The third-order valence-electron chi connectivity index (χ3n) is 5.62. The van der Waals surface area contributed by atoms with Crippen LogP contribution in [0.3, 0.4) is 0 Å². The molecule has 0 atom stereocenters. The Kier molecular flexibility index (Phi) is 8.18. The molecular weight excluding hydrogens is 474 g/mol. The van der Waals surface area contributed by atoms with Crippen LogP contribution in [0.4, 0.5) is 0 Å². The van der Waals surface area contributed by atoms with Crippen LogP contribution < -0.4 is 24.8 Å². The summed E-state index contributed by atoms with van der Waals surface area (Å²) in [6.07, 6.45) is 4.50. The fourth-order valence-electron chi connectivity index (χ4n) is 4.26. The molecular formula is C26H21Cl2Zr. The van der Waals surface area contributed by atoms with Crippen LogP contribution in [0.1, 0.15) is 24.5 Å². The van der Waals surface area contributed by atoms with Crippen molar-refractivity contribution in [2.45, 2.75) is 19.8 Å². The second-order valence-electron chi connectivity index (χ2n) is 7.29. The van der Waals surface area contributed by atoms with Gasteiger partial charge in [-0.25, -0.2) is 0 Å². The average molecular weight is 496 g/mol. The quantitative estimate of drug-likeness (QED) is 0.373. The molecule has 0 amide bonds. The largest absolute Gasteiger partial charge is 3.00 e. The third-order valence-corrected chi connectivity index (χ3v) is 5.62. The first kappa shape index (κ1) is 23.7. The molecule has 1 aliphatic rings. The molecule has 143 valence electrons. The summed E-state index contributed by atoms with van der Waals surface area (Å²) in [6, 6.07) is 28.6. The molecule has 0 aromatic heterocycles. The maximum atomic E-state index is 2.39. The van der Waals surface area contributed by atoms with Crippen molar-refractivity contribution in [1.82, 2.24) is 0 Å². The molecule has 29 heavy (non-hydrogen) atoms. The zero-order chi connectivity index (χ0) is 17.5. The summed E-state index contributed by atoms with van der Waals surface area (Å²) in [6.45, 7) is 2.26. The van der Waals surface area contributed by atoms with Gasteiger partial charge in [0.2, 0.25) is 0 Å². The number of hydrogen-bond acceptors (Lipinski definition) is 0. The molecule has 5 rings (SSSR count). The molecule has 0 unspecified atom stereocenters. The first-order chi connectivity index (χ1) is 12.8. The van der Waals surface area contributed by atoms with E-state index in [0.717, 1.165) is 12.8 Å². The van der Waals surface area contributed by atoms with Crippen LogP contribution in [-0.2, 0) is 32.6 Å². The van der Waals surface area contributed by atoms with Crippen molar-refractivity contribution in [2.75, 3.05) is 0 Å². The first-order valence-electron chi connectivity index (χ1n) is 9.30. The predicted molar refractivity (Wildman–Crippen MR) is 112 cm³/mol. The van der Waals surface area contributed by atoms with E-state index >= 15 is 0 Å². The van der Waals surface area contributed by atoms with E-state index in [1.165, 1.54) is 43.8 Å². The zero-order valence-electron chi connectivity index (χ0n) is 16.3. The number of allylic oxidation sites excluding steroid dienone is 4. The van der Waals surface area contributed by atoms with Gasteiger partial charge >= 0.3 is 26.2 Å². The van der Waals surface area contributed by atoms with Gasteiger partial charge in [-0.1, -0.05) is 95.1 Å². The summed E-state index contributed by atoms with van der Waals surface area (Å²) < 4.78 is 0. The van der Waals surface area contributed by atoms with Gasteiger partial charge in [0.25, 0.3) is 0 Å². The van der Waals surface area contributed by atoms with Gasteiger partial charge in [-0.2, -0.15) is 0 Å². The van der Waals surface area contributed by atoms with Crippen LogP contribution >= 0.6 is 0 Å². The van der Waals surface area contributed by atoms with Crippen LogP contribution in [0.15, 0.2) is 96.1 Å². The van der Waals surface area contributed by atoms with E-state index in [9.17, 15) is 0 Å². The second kappa shape index (κ2) is 9.99. The molecule has 0 fully saturated rings. The maximum absolute atomic E-state index is 2.39. The summed E-state index contributed by atoms with van der Waals surface area (Å²) in [5, 5.41) is 5.45. The standard InChI is InChI=1S/C26H21.2ClH.Zr/c1-18-14-22(16-21(18)15-19-8-3-2-4-9-19)24-12-7-13-25-23-11-6-5-10-20(23)17-26(24)25;;;/h2-14,17H,15-16H2,1H3;2*1H;/q-1;;;+3/p-2. The second-order valence-corrected chi connectivity index (χ2v) is 7.29. The Labute approximate surface area is 204 Å². The third kappa shape index (κ3) is 4.48. The van der Waals surface area contributed by atoms with Gasteiger partial charge in [0.05, 0.1) is 0 Å². The maximum Gasteiger partial charge on any atom is 3.00 e. The van der Waals surface area contributed by atoms with Crippen LogP contribution in [0.25, 0.3) is 27.1 Å². The smallest absolute Gasteiger partial charge is 1.00 e. The van der Waals surface area contributed by atoms with E-state index in [0.29, 0.717) is 0 Å². The van der Waals surface area contributed by atoms with Crippen LogP contribution in [0, 0.1) is 0 Å². The van der Waals surface area contributed by atoms with Crippen LogP contribution in [0.2, 0.25) is 0 Å². The topological polar surface area (TPSA) is 0 Å². The molecule has 1 aliphatic carbocycles. The van der Waals surface area contributed by atoms with Gasteiger partial charge in [0, 0.05) is 0 Å². The monoisotopic (exact) mass is 493 g/mol. The SMILES string of the molecule is CC1=C(Cc2ccccc2)CC(c2cccc3c2[cH-]c2ccccc23)=C1.[Cl-].[Cl-].[Zr+3]. The van der Waals surface area contributed by atoms with Gasteiger partial charge in [0.15, 0.2) is 0 Å². The molecule has 1 radical (unpaired) electrons. The van der Waals surface area contributed by atoms with Gasteiger partial charge in [-0.15, -0.1) is 33.7 Å². The van der Waals surface area contributed by atoms with Crippen molar-refractivity contribution in [1.29, 1.82) is 0 Å². The van der Waals surface area contributed by atoms with Crippen molar-refractivity contribution in [2.24, 2.45) is 0 Å². The Bertz CT molecular complexity index is 1180. The number of halogens is 2. The summed E-state index contributed by atoms with van der Waals surface area (Å²) in [5.41, 5.74) is 7.21. The molecule has 0 spiro atoms. The van der Waals surface area contributed by atoms with E-state index in [1.807, 2.05) is 0 Å². The number of fused-ring (bicyclic) bond motifs is 3. The van der Waals surface area contributed by atoms with Gasteiger partial charge < -0.3 is 24.8 Å². The van der Waals surface area contributed by atoms with E-state index in [4.69, 9.17) is 0 Å². The Morgan fingerprint density at radius 1 is 0.793 bits per heavy atom. The van der Waals surface area contributed by atoms with Crippen molar-refractivity contribution in [3.8, 4) is 0 Å². The molecule has 3 heteroatoms. The minimum absolute atomic E-state index is 0. The number of hydrogen-bond donors (Lipinski definition) is 0. The Morgan fingerprint density at radius 3 is 2.28 bits per heavy atom. The average Bonchev–Trinajstić information content (AvgIpc) is 3.23. The molecule has 4 aromatic rings. The number of rotatable bonds is 3. The first-order valence-corrected chi connectivity index (χ1v) is 9.30. The summed E-state index contributed by atoms with van der Waals surface area (Å²) in [7, 11) is 0. The molecule has 0 nitrogen and oxygen atoms in total. The minimum Gasteiger partial charge on any atom is -1.00 e. The molecule has 0 saturated heterocycles. The summed E-state index contributed by atoms with van der Waals surface area (Å²) in [4.78, 5) is 0. The fraction of sp³-hybridized carbons (Fsp3) is 0.115. The molecule has 0 aliphatic heterocycles. The molecule has 0 N–H and O–H groups in total. The molecule has 0 bridgehead atoms. The molecule has 0 saturated carbocycles. The van der Waals surface area contributed by atoms with Crippen molar-refractivity contribution >= 4 is 27.1 Å². The summed E-state index contributed by atoms with van der Waals surface area (Å²) in [5.74, 6) is 0. The van der Waals surface area contributed by atoms with Gasteiger partial charge in [-0.3, -0.25) is 0 Å². The van der Waals surface area contributed by atoms with Gasteiger partial charge in [-0.05, 0) is 25.3 Å².